The Labute approximate surface area is 234 Å². The van der Waals surface area contributed by atoms with Gasteiger partial charge >= 0.3 is 5.63 Å². The van der Waals surface area contributed by atoms with Crippen LogP contribution in [0.2, 0.25) is 5.02 Å². The zero-order valence-electron chi connectivity index (χ0n) is 18.8. The van der Waals surface area contributed by atoms with E-state index >= 15 is 0 Å². The fraction of sp³-hybridized carbons (Fsp3) is 0.0870. The van der Waals surface area contributed by atoms with Crippen LogP contribution in [0.15, 0.2) is 72.6 Å². The molecule has 4 aromatic rings. The van der Waals surface area contributed by atoms with E-state index in [-0.39, 0.29) is 43.4 Å². The van der Waals surface area contributed by atoms with E-state index in [1.807, 2.05) is 0 Å². The number of thiophene rings is 1. The Morgan fingerprint density at radius 1 is 1.11 bits per heavy atom. The van der Waals surface area contributed by atoms with Crippen LogP contribution in [0, 0.1) is 0 Å². The molecule has 0 fully saturated rings. The molecule has 0 saturated carbocycles. The number of benzene rings is 2. The average molecular weight is 614 g/mol. The van der Waals surface area contributed by atoms with Crippen molar-refractivity contribution in [2.24, 2.45) is 9.98 Å². The van der Waals surface area contributed by atoms with Gasteiger partial charge in [-0.05, 0) is 47.5 Å². The zero-order valence-corrected chi connectivity index (χ0v) is 22.7. The number of nitrogens with one attached hydrogen (secondary N) is 2. The van der Waals surface area contributed by atoms with Crippen molar-refractivity contribution in [1.82, 2.24) is 5.32 Å². The van der Waals surface area contributed by atoms with Gasteiger partial charge in [0.2, 0.25) is 16.9 Å². The minimum absolute atomic E-state index is 0.0609. The summed E-state index contributed by atoms with van der Waals surface area (Å²) >= 11 is 18.8. The van der Waals surface area contributed by atoms with Gasteiger partial charge in [-0.1, -0.05) is 35.3 Å². The van der Waals surface area contributed by atoms with E-state index in [2.05, 4.69) is 20.6 Å². The van der Waals surface area contributed by atoms with Crippen LogP contribution >= 0.6 is 46.1 Å². The molecule has 10 nitrogen and oxygen atoms in total. The number of aliphatic imine (C=N–C) groups is 2. The lowest BCUT2D eigenvalue weighted by Gasteiger charge is -2.16. The topological polar surface area (TPSA) is 154 Å². The Kier molecular flexibility index (Phi) is 7.11. The number of amidine groups is 1. The molecule has 2 aromatic heterocycles. The number of nitrogens with zero attached hydrogens (tertiary/aromatic N) is 2. The molecule has 5 rings (SSSR count). The fourth-order valence-corrected chi connectivity index (χ4v) is 6.50. The molecule has 0 bridgehead atoms. The van der Waals surface area contributed by atoms with Crippen LogP contribution < -0.4 is 16.3 Å². The summed E-state index contributed by atoms with van der Waals surface area (Å²) in [5.74, 6) is 0.0623. The Balaban J connectivity index is 1.45. The molecule has 0 radical (unpaired) electrons. The second kappa shape index (κ2) is 10.2. The Morgan fingerprint density at radius 3 is 2.53 bits per heavy atom. The quantitative estimate of drug-likeness (QED) is 0.104. The Morgan fingerprint density at radius 2 is 1.84 bits per heavy atom. The lowest BCUT2D eigenvalue weighted by Crippen LogP contribution is -2.37. The molecule has 0 spiro atoms. The lowest BCUT2D eigenvalue weighted by atomic mass is 10.1. The van der Waals surface area contributed by atoms with Crippen LogP contribution in [-0.4, -0.2) is 35.0 Å². The average Bonchev–Trinajstić information content (AvgIpc) is 3.24. The maximum atomic E-state index is 12.7. The lowest BCUT2D eigenvalue weighted by molar-refractivity contribution is 0.473. The summed E-state index contributed by atoms with van der Waals surface area (Å²) in [6.45, 7) is 0. The molecule has 4 N–H and O–H groups in total. The number of fused-ring (bicyclic) bond motifs is 1. The normalized spacial score (nSPS) is 15.6. The predicted octanol–water partition coefficient (Wildman–Crippen LogP) is 5.21. The minimum Gasteiger partial charge on any atom is -0.506 e. The van der Waals surface area contributed by atoms with Crippen molar-refractivity contribution in [3.05, 3.63) is 74.4 Å². The van der Waals surface area contributed by atoms with Crippen LogP contribution in [0.4, 0.5) is 5.69 Å². The van der Waals surface area contributed by atoms with E-state index in [0.29, 0.717) is 21.9 Å². The summed E-state index contributed by atoms with van der Waals surface area (Å²) < 4.78 is 39.5. The molecule has 15 heteroatoms. The smallest absolute Gasteiger partial charge is 0.345 e. The first-order valence-electron chi connectivity index (χ1n) is 10.6. The largest absolute Gasteiger partial charge is 0.506 e. The maximum Gasteiger partial charge on any atom is 0.345 e. The van der Waals surface area contributed by atoms with E-state index in [1.54, 1.807) is 24.3 Å². The van der Waals surface area contributed by atoms with E-state index < -0.39 is 21.4 Å². The van der Waals surface area contributed by atoms with Crippen LogP contribution in [0.25, 0.3) is 21.4 Å². The van der Waals surface area contributed by atoms with Crippen molar-refractivity contribution in [3.63, 3.8) is 0 Å². The van der Waals surface area contributed by atoms with Crippen molar-refractivity contribution in [2.75, 3.05) is 5.32 Å². The number of rotatable bonds is 5. The van der Waals surface area contributed by atoms with Gasteiger partial charge in [-0.2, -0.15) is 8.42 Å². The second-order valence-corrected chi connectivity index (χ2v) is 11.7. The highest BCUT2D eigenvalue weighted by molar-refractivity contribution is 7.86. The zero-order chi connectivity index (χ0) is 27.2. The number of guanidine groups is 1. The molecule has 38 heavy (non-hydrogen) atoms. The molecule has 1 unspecified atom stereocenters. The Hall–Kier alpha value is -3.13. The van der Waals surface area contributed by atoms with Crippen molar-refractivity contribution < 1.29 is 22.5 Å². The van der Waals surface area contributed by atoms with Gasteiger partial charge in [-0.15, -0.1) is 11.3 Å². The predicted molar refractivity (Wildman–Crippen MR) is 149 cm³/mol. The summed E-state index contributed by atoms with van der Waals surface area (Å²) in [6.07, 6.45) is 0.153. The molecule has 3 heterocycles. The summed E-state index contributed by atoms with van der Waals surface area (Å²) in [7, 11) is -4.60. The van der Waals surface area contributed by atoms with Gasteiger partial charge in [0, 0.05) is 33.3 Å². The summed E-state index contributed by atoms with van der Waals surface area (Å²) in [6, 6.07) is 12.3. The number of halogens is 3. The first kappa shape index (κ1) is 26.5. The van der Waals surface area contributed by atoms with Crippen molar-refractivity contribution in [3.8, 4) is 16.2 Å². The highest BCUT2D eigenvalue weighted by atomic mass is 35.5. The molecule has 1 aliphatic rings. The van der Waals surface area contributed by atoms with Gasteiger partial charge < -0.3 is 20.2 Å². The highest BCUT2D eigenvalue weighted by Crippen LogP contribution is 2.36. The third-order valence-corrected chi connectivity index (χ3v) is 8.28. The second-order valence-electron chi connectivity index (χ2n) is 7.99. The maximum absolute atomic E-state index is 12.7. The molecule has 0 saturated heterocycles. The first-order chi connectivity index (χ1) is 18.0. The van der Waals surface area contributed by atoms with E-state index in [9.17, 15) is 22.9 Å². The first-order valence-corrected chi connectivity index (χ1v) is 14.1. The van der Waals surface area contributed by atoms with Crippen molar-refractivity contribution in [2.45, 2.75) is 16.9 Å². The van der Waals surface area contributed by atoms with Gasteiger partial charge in [0.1, 0.15) is 16.2 Å². The molecule has 0 amide bonds. The molecular weight excluding hydrogens is 599 g/mol. The number of hydrogen-bond donors (Lipinski definition) is 4. The molecule has 2 aromatic carbocycles. The van der Waals surface area contributed by atoms with E-state index in [4.69, 9.17) is 39.2 Å². The van der Waals surface area contributed by atoms with Crippen molar-refractivity contribution in [1.29, 1.82) is 0 Å². The third kappa shape index (κ3) is 5.65. The number of phenolic OH excluding ortho intramolecular Hbond substituents is 1. The van der Waals surface area contributed by atoms with Crippen LogP contribution in [0.1, 0.15) is 10.4 Å². The van der Waals surface area contributed by atoms with Crippen LogP contribution in [0.5, 0.6) is 5.75 Å². The van der Waals surface area contributed by atoms with Gasteiger partial charge in [-0.3, -0.25) is 4.55 Å². The number of alkyl halides is 1. The minimum atomic E-state index is -4.60. The summed E-state index contributed by atoms with van der Waals surface area (Å²) in [5, 5.41) is 16.1. The van der Waals surface area contributed by atoms with E-state index in [1.165, 1.54) is 24.3 Å². The molecule has 1 atom stereocenters. The number of aromatic hydroxyl groups is 1. The Bertz CT molecular complexity index is 1800. The third-order valence-electron chi connectivity index (χ3n) is 5.37. The highest BCUT2D eigenvalue weighted by Gasteiger charge is 2.23. The van der Waals surface area contributed by atoms with Gasteiger partial charge in [0.05, 0.1) is 10.6 Å². The molecule has 0 aliphatic carbocycles. The van der Waals surface area contributed by atoms with Crippen molar-refractivity contribution >= 4 is 84.2 Å². The van der Waals surface area contributed by atoms with Gasteiger partial charge in [0.25, 0.3) is 10.1 Å². The number of anilines is 1. The summed E-state index contributed by atoms with van der Waals surface area (Å²) in [4.78, 5) is 20.8. The van der Waals surface area contributed by atoms with Gasteiger partial charge in [-0.25, -0.2) is 14.8 Å². The standard InChI is InChI=1S/C23H15Cl3N4O6S2/c24-14-7-11-6-13(20(32)36-16(11)8-15(14)31)17-9-19(38(33,34)35)18(37-17)5-10-1-3-12(4-2-10)27-23-29-21(25)28-22(26)30-23/h1-4,6-9,21,31H,5H2,(H,33,34,35)(H2,27,28,29,30). The number of phenols is 1. The molecule has 1 aliphatic heterocycles. The SMILES string of the molecule is O=c1oc2cc(O)c(Cl)cc2cc1-c1cc(S(=O)(=O)O)c(Cc2ccc(NC3=NC(Cl)N=C(Cl)N3)cc2)s1. The van der Waals surface area contributed by atoms with E-state index in [0.717, 1.165) is 16.9 Å². The van der Waals surface area contributed by atoms with Gasteiger partial charge in [0.15, 0.2) is 0 Å². The molecular formula is C23H15Cl3N4O6S2. The molecule has 196 valence electrons. The van der Waals surface area contributed by atoms with Crippen LogP contribution in [0.3, 0.4) is 0 Å². The number of hydrogen-bond acceptors (Lipinski definition) is 10. The van der Waals surface area contributed by atoms with Crippen LogP contribution in [-0.2, 0) is 16.5 Å². The summed E-state index contributed by atoms with van der Waals surface area (Å²) in [5.41, 5.74) is -0.0165. The fourth-order valence-electron chi connectivity index (χ4n) is 3.67. The monoisotopic (exact) mass is 612 g/mol.